The Balaban J connectivity index is 1.44. The van der Waals surface area contributed by atoms with Gasteiger partial charge in [-0.2, -0.15) is 5.10 Å². The molecule has 1 unspecified atom stereocenters. The maximum Gasteiger partial charge on any atom is 0.573 e. The first-order valence-corrected chi connectivity index (χ1v) is 11.4. The van der Waals surface area contributed by atoms with E-state index in [4.69, 9.17) is 4.74 Å². The van der Waals surface area contributed by atoms with Crippen molar-refractivity contribution >= 4 is 11.8 Å². The van der Waals surface area contributed by atoms with Gasteiger partial charge in [-0.25, -0.2) is 9.18 Å². The zero-order valence-electron chi connectivity index (χ0n) is 19.2. The Bertz CT molecular complexity index is 1010. The van der Waals surface area contributed by atoms with Crippen LogP contribution in [0, 0.1) is 11.7 Å². The number of halogens is 4. The minimum atomic E-state index is -4.91. The number of alkyl halides is 3. The molecule has 12 heteroatoms. The fraction of sp³-hybridized carbons (Fsp3) is 0.522. The quantitative estimate of drug-likeness (QED) is 0.560. The monoisotopic (exact) mass is 497 g/mol. The Hall–Kier alpha value is -3.15. The van der Waals surface area contributed by atoms with Crippen LogP contribution in [0.3, 0.4) is 0 Å². The summed E-state index contributed by atoms with van der Waals surface area (Å²) in [6.07, 6.45) is -0.814. The molecule has 2 amide bonds. The van der Waals surface area contributed by atoms with Gasteiger partial charge in [0, 0.05) is 56.5 Å². The number of carbonyl (C=O) groups excluding carboxylic acids is 1. The van der Waals surface area contributed by atoms with E-state index in [1.807, 2.05) is 17.0 Å². The molecule has 0 bridgehead atoms. The summed E-state index contributed by atoms with van der Waals surface area (Å²) in [4.78, 5) is 17.1. The number of piperidine rings is 1. The van der Waals surface area contributed by atoms with Crippen LogP contribution in [0.15, 0.2) is 36.5 Å². The van der Waals surface area contributed by atoms with Crippen molar-refractivity contribution in [3.05, 3.63) is 47.9 Å². The molecule has 1 N–H and O–H groups in total. The van der Waals surface area contributed by atoms with Gasteiger partial charge in [-0.15, -0.1) is 18.3 Å². The molecule has 4 rings (SSSR count). The molecule has 190 valence electrons. The van der Waals surface area contributed by atoms with Crippen molar-refractivity contribution in [2.24, 2.45) is 5.92 Å². The fourth-order valence-corrected chi connectivity index (χ4v) is 4.49. The number of methoxy groups -OCH3 is 1. The van der Waals surface area contributed by atoms with Gasteiger partial charge >= 0.3 is 12.4 Å². The van der Waals surface area contributed by atoms with Crippen molar-refractivity contribution in [1.29, 1.82) is 0 Å². The molecule has 2 aromatic rings. The number of hydrogen-bond donors (Lipinski definition) is 1. The van der Waals surface area contributed by atoms with Crippen molar-refractivity contribution in [3.63, 3.8) is 0 Å². The SMILES string of the molecule is COC[C@H]1CC(N(C(=O)NCc2ccc(OC(F)(F)F)cc2F)C2CC2)CN(c2cccnn2)C1. The summed E-state index contributed by atoms with van der Waals surface area (Å²) in [6, 6.07) is 6.14. The van der Waals surface area contributed by atoms with Gasteiger partial charge in [-0.3, -0.25) is 0 Å². The second kappa shape index (κ2) is 10.6. The van der Waals surface area contributed by atoms with Crippen LogP contribution in [0.4, 0.5) is 28.2 Å². The third-order valence-electron chi connectivity index (χ3n) is 6.06. The number of hydrogen-bond acceptors (Lipinski definition) is 6. The van der Waals surface area contributed by atoms with E-state index in [-0.39, 0.29) is 36.1 Å². The molecule has 0 spiro atoms. The minimum Gasteiger partial charge on any atom is -0.406 e. The standard InChI is InChI=1S/C23H27F4N5O3/c1-34-14-15-9-18(13-31(12-15)21-3-2-8-29-30-21)32(17-5-6-17)22(33)28-11-16-4-7-19(10-20(16)24)35-23(25,26)27/h2-4,7-8,10,15,17-18H,5-6,9,11-14H2,1H3,(H,28,33)/t15-,18?/m0/s1. The van der Waals surface area contributed by atoms with E-state index < -0.39 is 17.9 Å². The zero-order chi connectivity index (χ0) is 25.0. The van der Waals surface area contributed by atoms with Crippen LogP contribution in [0.1, 0.15) is 24.8 Å². The molecule has 1 aromatic carbocycles. The lowest BCUT2D eigenvalue weighted by atomic mass is 9.93. The van der Waals surface area contributed by atoms with Crippen molar-refractivity contribution in [2.75, 3.05) is 31.7 Å². The Kier molecular flexibility index (Phi) is 7.58. The van der Waals surface area contributed by atoms with Gasteiger partial charge in [-0.1, -0.05) is 6.07 Å². The van der Waals surface area contributed by atoms with Crippen LogP contribution in [0.5, 0.6) is 5.75 Å². The lowest BCUT2D eigenvalue weighted by Gasteiger charge is -2.43. The molecule has 1 saturated carbocycles. The van der Waals surface area contributed by atoms with E-state index in [0.29, 0.717) is 19.2 Å². The minimum absolute atomic E-state index is 0.0608. The predicted octanol–water partition coefficient (Wildman–Crippen LogP) is 3.73. The number of rotatable bonds is 8. The van der Waals surface area contributed by atoms with E-state index in [0.717, 1.165) is 37.7 Å². The van der Waals surface area contributed by atoms with Crippen LogP contribution >= 0.6 is 0 Å². The second-order valence-corrected chi connectivity index (χ2v) is 8.80. The summed E-state index contributed by atoms with van der Waals surface area (Å²) < 4.78 is 60.5. The van der Waals surface area contributed by atoms with Gasteiger partial charge in [0.1, 0.15) is 11.6 Å². The second-order valence-electron chi connectivity index (χ2n) is 8.80. The van der Waals surface area contributed by atoms with Crippen LogP contribution in [0.2, 0.25) is 0 Å². The number of amides is 2. The number of nitrogens with one attached hydrogen (secondary N) is 1. The van der Waals surface area contributed by atoms with Crippen molar-refractivity contribution < 1.29 is 31.8 Å². The molecule has 1 saturated heterocycles. The molecule has 2 atom stereocenters. The van der Waals surface area contributed by atoms with Gasteiger partial charge in [0.25, 0.3) is 0 Å². The van der Waals surface area contributed by atoms with Crippen LogP contribution < -0.4 is 15.0 Å². The Labute approximate surface area is 200 Å². The highest BCUT2D eigenvalue weighted by Crippen LogP contribution is 2.34. The van der Waals surface area contributed by atoms with Crippen molar-refractivity contribution in [1.82, 2.24) is 20.4 Å². The summed E-state index contributed by atoms with van der Waals surface area (Å²) in [5.74, 6) is -0.650. The summed E-state index contributed by atoms with van der Waals surface area (Å²) in [5, 5.41) is 10.9. The van der Waals surface area contributed by atoms with Crippen LogP contribution in [-0.4, -0.2) is 66.4 Å². The number of carbonyl (C=O) groups is 1. The molecule has 1 aliphatic heterocycles. The smallest absolute Gasteiger partial charge is 0.406 e. The average molecular weight is 497 g/mol. The molecule has 2 aliphatic rings. The first-order valence-electron chi connectivity index (χ1n) is 11.4. The van der Waals surface area contributed by atoms with E-state index in [2.05, 4.69) is 25.2 Å². The number of anilines is 1. The molecule has 0 radical (unpaired) electrons. The summed E-state index contributed by atoms with van der Waals surface area (Å²) in [7, 11) is 1.64. The van der Waals surface area contributed by atoms with Gasteiger partial charge in [-0.05, 0) is 37.5 Å². The van der Waals surface area contributed by atoms with Crippen LogP contribution in [-0.2, 0) is 11.3 Å². The number of nitrogens with zero attached hydrogens (tertiary/aromatic N) is 4. The average Bonchev–Trinajstić information content (AvgIpc) is 3.63. The lowest BCUT2D eigenvalue weighted by Crippen LogP contribution is -2.56. The third kappa shape index (κ3) is 6.71. The Morgan fingerprint density at radius 3 is 2.66 bits per heavy atom. The van der Waals surface area contributed by atoms with Gasteiger partial charge < -0.3 is 24.6 Å². The molecule has 2 fully saturated rings. The van der Waals surface area contributed by atoms with Gasteiger partial charge in [0.05, 0.1) is 12.6 Å². The molecule has 35 heavy (non-hydrogen) atoms. The molecule has 1 aromatic heterocycles. The largest absolute Gasteiger partial charge is 0.573 e. The molecular formula is C23H27F4N5O3. The first-order chi connectivity index (χ1) is 16.7. The maximum absolute atomic E-state index is 14.3. The summed E-state index contributed by atoms with van der Waals surface area (Å²) in [6.45, 7) is 1.66. The molecule has 8 nitrogen and oxygen atoms in total. The predicted molar refractivity (Wildman–Crippen MR) is 118 cm³/mol. The normalized spacial score (nSPS) is 20.4. The number of urea groups is 1. The maximum atomic E-state index is 14.3. The summed E-state index contributed by atoms with van der Waals surface area (Å²) in [5.41, 5.74) is 0.0608. The highest BCUT2D eigenvalue weighted by molar-refractivity contribution is 5.75. The molecule has 1 aliphatic carbocycles. The van der Waals surface area contributed by atoms with Gasteiger partial charge in [0.2, 0.25) is 0 Å². The van der Waals surface area contributed by atoms with E-state index in [1.165, 1.54) is 6.07 Å². The Morgan fingerprint density at radius 2 is 2.03 bits per heavy atom. The van der Waals surface area contributed by atoms with Crippen LogP contribution in [0.25, 0.3) is 0 Å². The lowest BCUT2D eigenvalue weighted by molar-refractivity contribution is -0.274. The molecular weight excluding hydrogens is 470 g/mol. The first kappa shape index (κ1) is 25.0. The molecule has 2 heterocycles. The van der Waals surface area contributed by atoms with Crippen molar-refractivity contribution in [3.8, 4) is 5.75 Å². The van der Waals surface area contributed by atoms with E-state index in [9.17, 15) is 22.4 Å². The highest BCUT2D eigenvalue weighted by Gasteiger charge is 2.41. The van der Waals surface area contributed by atoms with Gasteiger partial charge in [0.15, 0.2) is 5.82 Å². The Morgan fingerprint density at radius 1 is 1.23 bits per heavy atom. The van der Waals surface area contributed by atoms with E-state index in [1.54, 1.807) is 13.3 Å². The van der Waals surface area contributed by atoms with E-state index >= 15 is 0 Å². The fourth-order valence-electron chi connectivity index (χ4n) is 4.49. The highest BCUT2D eigenvalue weighted by atomic mass is 19.4. The number of ether oxygens (including phenoxy) is 2. The number of aromatic nitrogens is 2. The summed E-state index contributed by atoms with van der Waals surface area (Å²) >= 11 is 0. The zero-order valence-corrected chi connectivity index (χ0v) is 19.2. The van der Waals surface area contributed by atoms with Crippen molar-refractivity contribution in [2.45, 2.75) is 44.3 Å². The topological polar surface area (TPSA) is 79.8 Å². The number of benzene rings is 1. The third-order valence-corrected chi connectivity index (χ3v) is 6.06.